The highest BCUT2D eigenvalue weighted by Crippen LogP contribution is 1.95. The lowest BCUT2D eigenvalue weighted by atomic mass is 10.4. The van der Waals surface area contributed by atoms with Crippen LogP contribution in [-0.2, 0) is 13.6 Å². The molecule has 0 unspecified atom stereocenters. The first kappa shape index (κ1) is 11.4. The molecule has 0 saturated carbocycles. The topological polar surface area (TPSA) is 64.7 Å². The molecule has 2 heterocycles. The summed E-state index contributed by atoms with van der Waals surface area (Å²) < 4.78 is 3.32. The van der Waals surface area contributed by atoms with Gasteiger partial charge in [-0.25, -0.2) is 4.98 Å². The molecule has 0 aromatic carbocycles. The van der Waals surface area contributed by atoms with E-state index in [1.165, 1.54) is 4.57 Å². The summed E-state index contributed by atoms with van der Waals surface area (Å²) in [5.41, 5.74) is 1.00. The van der Waals surface area contributed by atoms with Crippen molar-refractivity contribution in [3.63, 3.8) is 0 Å². The third-order valence-electron chi connectivity index (χ3n) is 2.41. The molecule has 0 aliphatic heterocycles. The molecule has 0 aliphatic rings. The average molecular weight is 233 g/mol. The standard InChI is InChI=1S/C11H15N5O/c1-9-7-14-16(8-9)6-4-13-10-11(17)15(2)5-3-12-10/h3,5,7-8H,4,6H2,1-2H3,(H,12,13). The van der Waals surface area contributed by atoms with Gasteiger partial charge in [0.25, 0.3) is 5.56 Å². The number of hydrogen-bond acceptors (Lipinski definition) is 4. The summed E-state index contributed by atoms with van der Waals surface area (Å²) in [6.45, 7) is 3.31. The van der Waals surface area contributed by atoms with E-state index in [1.807, 2.05) is 17.8 Å². The van der Waals surface area contributed by atoms with Crippen molar-refractivity contribution in [2.75, 3.05) is 11.9 Å². The Hall–Kier alpha value is -2.11. The van der Waals surface area contributed by atoms with Crippen LogP contribution in [0.1, 0.15) is 5.56 Å². The molecule has 0 atom stereocenters. The second-order valence-electron chi connectivity index (χ2n) is 3.90. The summed E-state index contributed by atoms with van der Waals surface area (Å²) in [5.74, 6) is 0.374. The van der Waals surface area contributed by atoms with E-state index in [-0.39, 0.29) is 5.56 Å². The van der Waals surface area contributed by atoms with Gasteiger partial charge in [-0.15, -0.1) is 0 Å². The molecule has 2 aromatic rings. The minimum Gasteiger partial charge on any atom is -0.364 e. The maximum atomic E-state index is 11.6. The first-order valence-corrected chi connectivity index (χ1v) is 5.41. The fourth-order valence-electron chi connectivity index (χ4n) is 1.50. The molecule has 0 saturated heterocycles. The highest BCUT2D eigenvalue weighted by molar-refractivity contribution is 5.30. The molecule has 0 amide bonds. The van der Waals surface area contributed by atoms with Crippen LogP contribution in [0.2, 0.25) is 0 Å². The van der Waals surface area contributed by atoms with E-state index in [1.54, 1.807) is 25.6 Å². The average Bonchev–Trinajstić information content (AvgIpc) is 2.70. The number of anilines is 1. The second-order valence-corrected chi connectivity index (χ2v) is 3.90. The first-order valence-electron chi connectivity index (χ1n) is 5.41. The third-order valence-corrected chi connectivity index (χ3v) is 2.41. The van der Waals surface area contributed by atoms with Crippen molar-refractivity contribution in [1.29, 1.82) is 0 Å². The van der Waals surface area contributed by atoms with Crippen LogP contribution >= 0.6 is 0 Å². The molecule has 2 aromatic heterocycles. The molecule has 1 N–H and O–H groups in total. The summed E-state index contributed by atoms with van der Waals surface area (Å²) in [7, 11) is 1.70. The van der Waals surface area contributed by atoms with Crippen LogP contribution in [-0.4, -0.2) is 25.9 Å². The molecular formula is C11H15N5O. The Kier molecular flexibility index (Phi) is 3.22. The van der Waals surface area contributed by atoms with Gasteiger partial charge in [0.1, 0.15) is 0 Å². The fourth-order valence-corrected chi connectivity index (χ4v) is 1.50. The van der Waals surface area contributed by atoms with Gasteiger partial charge in [-0.05, 0) is 12.5 Å². The molecule has 6 heteroatoms. The van der Waals surface area contributed by atoms with Crippen molar-refractivity contribution in [2.24, 2.45) is 7.05 Å². The summed E-state index contributed by atoms with van der Waals surface area (Å²) in [4.78, 5) is 15.6. The van der Waals surface area contributed by atoms with Crippen LogP contribution in [0, 0.1) is 6.92 Å². The predicted molar refractivity (Wildman–Crippen MR) is 64.9 cm³/mol. The van der Waals surface area contributed by atoms with E-state index in [2.05, 4.69) is 15.4 Å². The number of nitrogens with zero attached hydrogens (tertiary/aromatic N) is 4. The van der Waals surface area contributed by atoms with Gasteiger partial charge in [0, 0.05) is 32.2 Å². The zero-order chi connectivity index (χ0) is 12.3. The summed E-state index contributed by atoms with van der Waals surface area (Å²) in [5, 5.41) is 7.17. The first-order chi connectivity index (χ1) is 8.16. The van der Waals surface area contributed by atoms with Gasteiger partial charge in [0.05, 0.1) is 12.7 Å². The largest absolute Gasteiger partial charge is 0.364 e. The minimum absolute atomic E-state index is 0.121. The van der Waals surface area contributed by atoms with E-state index in [9.17, 15) is 4.79 Å². The number of aromatic nitrogens is 4. The van der Waals surface area contributed by atoms with Crippen molar-refractivity contribution < 1.29 is 0 Å². The Morgan fingerprint density at radius 1 is 1.47 bits per heavy atom. The van der Waals surface area contributed by atoms with Gasteiger partial charge in [-0.3, -0.25) is 9.48 Å². The lowest BCUT2D eigenvalue weighted by Crippen LogP contribution is -2.23. The summed E-state index contributed by atoms with van der Waals surface area (Å²) in [6, 6.07) is 0. The van der Waals surface area contributed by atoms with E-state index < -0.39 is 0 Å². The zero-order valence-electron chi connectivity index (χ0n) is 9.92. The highest BCUT2D eigenvalue weighted by Gasteiger charge is 2.01. The Balaban J connectivity index is 1.94. The molecule has 0 aliphatic carbocycles. The molecule has 17 heavy (non-hydrogen) atoms. The van der Waals surface area contributed by atoms with E-state index in [4.69, 9.17) is 0 Å². The van der Waals surface area contributed by atoms with E-state index >= 15 is 0 Å². The Bertz CT molecular complexity index is 557. The minimum atomic E-state index is -0.121. The van der Waals surface area contributed by atoms with Gasteiger partial charge in [-0.2, -0.15) is 5.10 Å². The molecule has 0 spiro atoms. The predicted octanol–water partition coefficient (Wildman–Crippen LogP) is 0.397. The molecule has 90 valence electrons. The fraction of sp³-hybridized carbons (Fsp3) is 0.364. The van der Waals surface area contributed by atoms with Crippen LogP contribution in [0.3, 0.4) is 0 Å². The van der Waals surface area contributed by atoms with Crippen molar-refractivity contribution in [2.45, 2.75) is 13.5 Å². The summed E-state index contributed by atoms with van der Waals surface area (Å²) >= 11 is 0. The quantitative estimate of drug-likeness (QED) is 0.830. The summed E-state index contributed by atoms with van der Waals surface area (Å²) in [6.07, 6.45) is 6.99. The van der Waals surface area contributed by atoms with Crippen LogP contribution in [0.4, 0.5) is 5.82 Å². The zero-order valence-corrected chi connectivity index (χ0v) is 9.92. The van der Waals surface area contributed by atoms with E-state index in [0.29, 0.717) is 18.9 Å². The number of aryl methyl sites for hydroxylation is 2. The van der Waals surface area contributed by atoms with Crippen LogP contribution in [0.15, 0.2) is 29.6 Å². The van der Waals surface area contributed by atoms with Crippen molar-refractivity contribution >= 4 is 5.82 Å². The van der Waals surface area contributed by atoms with Gasteiger partial charge < -0.3 is 9.88 Å². The van der Waals surface area contributed by atoms with Crippen LogP contribution < -0.4 is 10.9 Å². The number of nitrogens with one attached hydrogen (secondary N) is 1. The van der Waals surface area contributed by atoms with Crippen LogP contribution in [0.5, 0.6) is 0 Å². The maximum absolute atomic E-state index is 11.6. The van der Waals surface area contributed by atoms with Crippen LogP contribution in [0.25, 0.3) is 0 Å². The SMILES string of the molecule is Cc1cnn(CCNc2nccn(C)c2=O)c1. The number of hydrogen-bond donors (Lipinski definition) is 1. The molecular weight excluding hydrogens is 218 g/mol. The molecule has 2 rings (SSSR count). The van der Waals surface area contributed by atoms with Gasteiger partial charge in [0.15, 0.2) is 5.82 Å². The van der Waals surface area contributed by atoms with Crippen molar-refractivity contribution in [3.8, 4) is 0 Å². The highest BCUT2D eigenvalue weighted by atomic mass is 16.1. The molecule has 0 bridgehead atoms. The Morgan fingerprint density at radius 3 is 3.00 bits per heavy atom. The molecule has 6 nitrogen and oxygen atoms in total. The normalized spacial score (nSPS) is 10.5. The van der Waals surface area contributed by atoms with Gasteiger partial charge in [0.2, 0.25) is 0 Å². The monoisotopic (exact) mass is 233 g/mol. The maximum Gasteiger partial charge on any atom is 0.293 e. The molecule has 0 radical (unpaired) electrons. The smallest absolute Gasteiger partial charge is 0.293 e. The number of rotatable bonds is 4. The lowest BCUT2D eigenvalue weighted by molar-refractivity contribution is 0.635. The molecule has 0 fully saturated rings. The second kappa shape index (κ2) is 4.82. The lowest BCUT2D eigenvalue weighted by Gasteiger charge is -2.05. The Morgan fingerprint density at radius 2 is 2.29 bits per heavy atom. The van der Waals surface area contributed by atoms with Crippen molar-refractivity contribution in [3.05, 3.63) is 40.7 Å². The third kappa shape index (κ3) is 2.72. The van der Waals surface area contributed by atoms with Gasteiger partial charge >= 0.3 is 0 Å². The Labute approximate surface area is 98.9 Å². The van der Waals surface area contributed by atoms with Crippen molar-refractivity contribution in [1.82, 2.24) is 19.3 Å². The van der Waals surface area contributed by atoms with E-state index in [0.717, 1.165) is 5.56 Å². The van der Waals surface area contributed by atoms with Gasteiger partial charge in [-0.1, -0.05) is 0 Å².